The number of rotatable bonds is 5. The number of pyridine rings is 1. The van der Waals surface area contributed by atoms with Crippen molar-refractivity contribution in [3.8, 4) is 0 Å². The number of halogens is 3. The molecule has 2 rings (SSSR count). The van der Waals surface area contributed by atoms with E-state index in [0.29, 0.717) is 10.6 Å². The van der Waals surface area contributed by atoms with Crippen LogP contribution in [0.1, 0.15) is 17.4 Å². The largest absolute Gasteiger partial charge is 0.467 e. The number of hydrogen-bond donors (Lipinski definition) is 2. The van der Waals surface area contributed by atoms with Crippen LogP contribution in [-0.2, 0) is 17.5 Å². The molecule has 1 unspecified atom stereocenters. The summed E-state index contributed by atoms with van der Waals surface area (Å²) in [4.78, 5) is 23.4. The first kappa shape index (κ1) is 16.8. The minimum Gasteiger partial charge on any atom is -0.467 e. The Balaban J connectivity index is 2.00. The number of carbonyl (C=O) groups is 1. The molecular formula is C14H13F3N2O4. The lowest BCUT2D eigenvalue weighted by molar-refractivity contribution is -0.139. The first-order valence-corrected chi connectivity index (χ1v) is 6.54. The van der Waals surface area contributed by atoms with Crippen LogP contribution in [0.25, 0.3) is 0 Å². The van der Waals surface area contributed by atoms with Crippen molar-refractivity contribution in [1.82, 2.24) is 9.88 Å². The van der Waals surface area contributed by atoms with Crippen molar-refractivity contribution in [2.24, 2.45) is 0 Å². The first-order chi connectivity index (χ1) is 10.8. The van der Waals surface area contributed by atoms with Crippen molar-refractivity contribution in [3.63, 3.8) is 0 Å². The quantitative estimate of drug-likeness (QED) is 0.866. The molecular weight excluding hydrogens is 317 g/mol. The van der Waals surface area contributed by atoms with E-state index in [9.17, 15) is 27.9 Å². The van der Waals surface area contributed by atoms with Crippen molar-refractivity contribution >= 4 is 5.91 Å². The summed E-state index contributed by atoms with van der Waals surface area (Å²) in [5.74, 6) is -0.474. The van der Waals surface area contributed by atoms with Gasteiger partial charge in [0.25, 0.3) is 5.56 Å². The lowest BCUT2D eigenvalue weighted by atomic mass is 10.2. The Labute approximate surface area is 128 Å². The summed E-state index contributed by atoms with van der Waals surface area (Å²) >= 11 is 0. The number of nitrogens with zero attached hydrogens (tertiary/aromatic N) is 1. The van der Waals surface area contributed by atoms with E-state index in [1.807, 2.05) is 0 Å². The zero-order valence-corrected chi connectivity index (χ0v) is 11.7. The summed E-state index contributed by atoms with van der Waals surface area (Å²) < 4.78 is 43.4. The lowest BCUT2D eigenvalue weighted by Crippen LogP contribution is -2.36. The predicted octanol–water partition coefficient (Wildman–Crippen LogP) is 1.31. The number of aromatic nitrogens is 1. The second-order valence-electron chi connectivity index (χ2n) is 4.69. The molecule has 0 bridgehead atoms. The standard InChI is InChI=1S/C14H13F3N2O4/c15-14(16,17)9-3-1-5-19(13(9)22)8-12(21)18-7-10(20)11-4-2-6-23-11/h1-6,10,20H,7-8H2,(H,18,21). The van der Waals surface area contributed by atoms with Crippen LogP contribution in [0.4, 0.5) is 13.2 Å². The molecule has 1 amide bonds. The minimum absolute atomic E-state index is 0.194. The van der Waals surface area contributed by atoms with Crippen LogP contribution in [-0.4, -0.2) is 22.1 Å². The van der Waals surface area contributed by atoms with E-state index in [0.717, 1.165) is 12.3 Å². The van der Waals surface area contributed by atoms with Crippen LogP contribution in [0.15, 0.2) is 45.9 Å². The molecule has 0 saturated heterocycles. The molecule has 0 aliphatic rings. The molecule has 0 radical (unpaired) electrons. The third-order valence-electron chi connectivity index (χ3n) is 3.00. The Morgan fingerprint density at radius 1 is 1.35 bits per heavy atom. The third-order valence-corrected chi connectivity index (χ3v) is 3.00. The van der Waals surface area contributed by atoms with Gasteiger partial charge in [-0.15, -0.1) is 0 Å². The maximum atomic E-state index is 12.6. The minimum atomic E-state index is -4.79. The van der Waals surface area contributed by atoms with Gasteiger partial charge in [0.15, 0.2) is 0 Å². The van der Waals surface area contributed by atoms with Crippen LogP contribution < -0.4 is 10.9 Å². The number of alkyl halides is 3. The Morgan fingerprint density at radius 3 is 2.70 bits per heavy atom. The number of hydrogen-bond acceptors (Lipinski definition) is 4. The van der Waals surface area contributed by atoms with Gasteiger partial charge >= 0.3 is 6.18 Å². The van der Waals surface area contributed by atoms with Gasteiger partial charge in [0.1, 0.15) is 24.0 Å². The summed E-state index contributed by atoms with van der Waals surface area (Å²) in [7, 11) is 0. The molecule has 2 aromatic heterocycles. The maximum absolute atomic E-state index is 12.6. The van der Waals surface area contributed by atoms with Crippen molar-refractivity contribution < 1.29 is 27.5 Å². The molecule has 2 N–H and O–H groups in total. The van der Waals surface area contributed by atoms with Crippen LogP contribution in [0.5, 0.6) is 0 Å². The zero-order valence-electron chi connectivity index (χ0n) is 11.7. The van der Waals surface area contributed by atoms with Gasteiger partial charge in [-0.25, -0.2) is 0 Å². The summed E-state index contributed by atoms with van der Waals surface area (Å²) in [6.45, 7) is -0.784. The molecule has 0 spiro atoms. The monoisotopic (exact) mass is 330 g/mol. The Bertz CT molecular complexity index is 722. The van der Waals surface area contributed by atoms with E-state index in [1.54, 1.807) is 6.07 Å². The number of nitrogens with one attached hydrogen (secondary N) is 1. The van der Waals surface area contributed by atoms with E-state index < -0.39 is 35.9 Å². The van der Waals surface area contributed by atoms with Gasteiger partial charge in [-0.1, -0.05) is 0 Å². The Kier molecular flexibility index (Phi) is 4.89. The average Bonchev–Trinajstić information content (AvgIpc) is 3.00. The molecule has 0 fully saturated rings. The molecule has 1 atom stereocenters. The van der Waals surface area contributed by atoms with Gasteiger partial charge in [0.2, 0.25) is 5.91 Å². The molecule has 0 aliphatic heterocycles. The summed E-state index contributed by atoms with van der Waals surface area (Å²) in [6, 6.07) is 4.75. The third kappa shape index (κ3) is 4.22. The van der Waals surface area contributed by atoms with Crippen LogP contribution >= 0.6 is 0 Å². The number of carbonyl (C=O) groups excluding carboxylic acids is 1. The molecule has 2 aromatic rings. The van der Waals surface area contributed by atoms with Crippen LogP contribution in [0.3, 0.4) is 0 Å². The van der Waals surface area contributed by atoms with E-state index in [1.165, 1.54) is 12.3 Å². The summed E-state index contributed by atoms with van der Waals surface area (Å²) in [5.41, 5.74) is -2.65. The fraction of sp³-hybridized carbons (Fsp3) is 0.286. The van der Waals surface area contributed by atoms with Gasteiger partial charge < -0.3 is 19.4 Å². The summed E-state index contributed by atoms with van der Waals surface area (Å²) in [6.07, 6.45) is -3.44. The fourth-order valence-electron chi connectivity index (χ4n) is 1.88. The fourth-order valence-corrected chi connectivity index (χ4v) is 1.88. The molecule has 0 saturated carbocycles. The van der Waals surface area contributed by atoms with Gasteiger partial charge in [-0.2, -0.15) is 13.2 Å². The topological polar surface area (TPSA) is 84.5 Å². The van der Waals surface area contributed by atoms with Crippen molar-refractivity contribution in [3.05, 3.63) is 58.4 Å². The second kappa shape index (κ2) is 6.69. The van der Waals surface area contributed by atoms with Gasteiger partial charge in [-0.3, -0.25) is 9.59 Å². The lowest BCUT2D eigenvalue weighted by Gasteiger charge is -2.12. The molecule has 23 heavy (non-hydrogen) atoms. The first-order valence-electron chi connectivity index (χ1n) is 6.54. The molecule has 6 nitrogen and oxygen atoms in total. The highest BCUT2D eigenvalue weighted by Gasteiger charge is 2.34. The molecule has 2 heterocycles. The van der Waals surface area contributed by atoms with Gasteiger partial charge in [0, 0.05) is 6.20 Å². The highest BCUT2D eigenvalue weighted by molar-refractivity contribution is 5.75. The maximum Gasteiger partial charge on any atom is 0.421 e. The predicted molar refractivity (Wildman–Crippen MR) is 72.4 cm³/mol. The van der Waals surface area contributed by atoms with Crippen LogP contribution in [0, 0.1) is 0 Å². The molecule has 0 aliphatic carbocycles. The molecule has 124 valence electrons. The van der Waals surface area contributed by atoms with E-state index in [2.05, 4.69) is 5.32 Å². The number of aliphatic hydroxyl groups excluding tert-OH is 1. The summed E-state index contributed by atoms with van der Waals surface area (Å²) in [5, 5.41) is 12.0. The van der Waals surface area contributed by atoms with Gasteiger partial charge in [0.05, 0.1) is 12.8 Å². The number of amides is 1. The van der Waals surface area contributed by atoms with Crippen LogP contribution in [0.2, 0.25) is 0 Å². The number of aliphatic hydroxyl groups is 1. The Hall–Kier alpha value is -2.55. The van der Waals surface area contributed by atoms with Crippen molar-refractivity contribution in [1.29, 1.82) is 0 Å². The smallest absolute Gasteiger partial charge is 0.421 e. The molecule has 0 aromatic carbocycles. The SMILES string of the molecule is O=C(Cn1cccc(C(F)(F)F)c1=O)NCC(O)c1ccco1. The average molecular weight is 330 g/mol. The van der Waals surface area contributed by atoms with Gasteiger partial charge in [-0.05, 0) is 24.3 Å². The van der Waals surface area contributed by atoms with Crippen molar-refractivity contribution in [2.75, 3.05) is 6.54 Å². The molecule has 9 heteroatoms. The van der Waals surface area contributed by atoms with Crippen molar-refractivity contribution in [2.45, 2.75) is 18.8 Å². The van der Waals surface area contributed by atoms with E-state index >= 15 is 0 Å². The highest BCUT2D eigenvalue weighted by atomic mass is 19.4. The van der Waals surface area contributed by atoms with E-state index in [-0.39, 0.29) is 12.3 Å². The zero-order chi connectivity index (χ0) is 17.0. The van der Waals surface area contributed by atoms with E-state index in [4.69, 9.17) is 4.42 Å². The normalized spacial score (nSPS) is 12.9. The highest BCUT2D eigenvalue weighted by Crippen LogP contribution is 2.25. The number of furan rings is 1. The Morgan fingerprint density at radius 2 is 2.09 bits per heavy atom. The second-order valence-corrected chi connectivity index (χ2v) is 4.69.